The standard InChI is InChI=1S/C25H30O7/c1-25(2)31-22(6-5-15-30-24(26)19-9-13-21(28-4)14-10-19)23(32-25)17-29-16-18-7-11-20(27-3)12-8-18/h5-14,22-23H,15-17H2,1-4H3/b6-5+/t22-,23-/m0/s1. The number of hydrogen-bond donors (Lipinski definition) is 0. The molecule has 1 heterocycles. The first-order chi connectivity index (χ1) is 15.4. The number of esters is 1. The largest absolute Gasteiger partial charge is 0.497 e. The number of carbonyl (C=O) groups excluding carboxylic acids is 1. The molecular formula is C25H30O7. The van der Waals surface area contributed by atoms with Gasteiger partial charge in [0.2, 0.25) is 0 Å². The second-order valence-corrected chi connectivity index (χ2v) is 7.76. The van der Waals surface area contributed by atoms with Crippen LogP contribution in [0, 0.1) is 0 Å². The Labute approximate surface area is 188 Å². The SMILES string of the molecule is COc1ccc(COC[C@@H]2OC(C)(C)O[C@H]2/C=C/COC(=O)c2ccc(OC)cc2)cc1. The Balaban J connectivity index is 1.47. The van der Waals surface area contributed by atoms with Gasteiger partial charge in [-0.25, -0.2) is 4.79 Å². The molecule has 0 radical (unpaired) electrons. The third kappa shape index (κ3) is 6.82. The first kappa shape index (κ1) is 23.8. The van der Waals surface area contributed by atoms with Crippen LogP contribution in [-0.4, -0.2) is 51.4 Å². The molecule has 0 aliphatic carbocycles. The van der Waals surface area contributed by atoms with Gasteiger partial charge < -0.3 is 28.4 Å². The van der Waals surface area contributed by atoms with Gasteiger partial charge in [-0.3, -0.25) is 0 Å². The van der Waals surface area contributed by atoms with Crippen molar-refractivity contribution in [1.82, 2.24) is 0 Å². The maximum absolute atomic E-state index is 12.1. The van der Waals surface area contributed by atoms with Gasteiger partial charge >= 0.3 is 5.97 Å². The Morgan fingerprint density at radius 2 is 1.59 bits per heavy atom. The second kappa shape index (κ2) is 11.1. The minimum atomic E-state index is -0.719. The Bertz CT molecular complexity index is 888. The number of ether oxygens (including phenoxy) is 6. The Kier molecular flexibility index (Phi) is 8.27. The zero-order valence-corrected chi connectivity index (χ0v) is 18.9. The molecule has 0 N–H and O–H groups in total. The molecule has 1 aliphatic heterocycles. The van der Waals surface area contributed by atoms with Gasteiger partial charge in [0.05, 0.1) is 33.0 Å². The molecule has 2 aromatic carbocycles. The van der Waals surface area contributed by atoms with Crippen molar-refractivity contribution in [3.05, 3.63) is 71.8 Å². The highest BCUT2D eigenvalue weighted by Gasteiger charge is 2.39. The van der Waals surface area contributed by atoms with E-state index in [4.69, 9.17) is 28.4 Å². The van der Waals surface area contributed by atoms with Crippen LogP contribution in [0.4, 0.5) is 0 Å². The van der Waals surface area contributed by atoms with Crippen LogP contribution in [0.1, 0.15) is 29.8 Å². The van der Waals surface area contributed by atoms with Gasteiger partial charge in [0.15, 0.2) is 5.79 Å². The quantitative estimate of drug-likeness (QED) is 0.404. The van der Waals surface area contributed by atoms with Crippen molar-refractivity contribution in [1.29, 1.82) is 0 Å². The van der Waals surface area contributed by atoms with Crippen LogP contribution in [0.15, 0.2) is 60.7 Å². The molecule has 2 atom stereocenters. The lowest BCUT2D eigenvalue weighted by Crippen LogP contribution is -2.26. The molecule has 32 heavy (non-hydrogen) atoms. The van der Waals surface area contributed by atoms with Crippen molar-refractivity contribution in [3.8, 4) is 11.5 Å². The molecule has 1 fully saturated rings. The van der Waals surface area contributed by atoms with Crippen LogP contribution >= 0.6 is 0 Å². The zero-order chi connectivity index (χ0) is 23.0. The molecule has 3 rings (SSSR count). The van der Waals surface area contributed by atoms with E-state index >= 15 is 0 Å². The molecule has 0 spiro atoms. The van der Waals surface area contributed by atoms with Crippen LogP contribution in [0.5, 0.6) is 11.5 Å². The smallest absolute Gasteiger partial charge is 0.338 e. The fraction of sp³-hybridized carbons (Fsp3) is 0.400. The van der Waals surface area contributed by atoms with E-state index in [0.717, 1.165) is 11.3 Å². The second-order valence-electron chi connectivity index (χ2n) is 7.76. The van der Waals surface area contributed by atoms with Crippen LogP contribution < -0.4 is 9.47 Å². The Hall–Kier alpha value is -2.87. The van der Waals surface area contributed by atoms with E-state index < -0.39 is 11.8 Å². The fourth-order valence-corrected chi connectivity index (χ4v) is 3.29. The predicted octanol–water partition coefficient (Wildman–Crippen LogP) is 4.15. The molecular weight excluding hydrogens is 412 g/mol. The van der Waals surface area contributed by atoms with Crippen molar-refractivity contribution in [2.45, 2.75) is 38.4 Å². The van der Waals surface area contributed by atoms with Crippen molar-refractivity contribution in [3.63, 3.8) is 0 Å². The highest BCUT2D eigenvalue weighted by molar-refractivity contribution is 5.89. The van der Waals surface area contributed by atoms with E-state index in [-0.39, 0.29) is 18.8 Å². The molecule has 1 saturated heterocycles. The summed E-state index contributed by atoms with van der Waals surface area (Å²) in [7, 11) is 3.21. The first-order valence-corrected chi connectivity index (χ1v) is 10.4. The third-order valence-corrected chi connectivity index (χ3v) is 4.89. The Morgan fingerprint density at radius 3 is 2.22 bits per heavy atom. The molecule has 7 nitrogen and oxygen atoms in total. The maximum atomic E-state index is 12.1. The number of benzene rings is 2. The zero-order valence-electron chi connectivity index (χ0n) is 18.9. The van der Waals surface area contributed by atoms with E-state index in [9.17, 15) is 4.79 Å². The van der Waals surface area contributed by atoms with Gasteiger partial charge in [-0.05, 0) is 61.9 Å². The van der Waals surface area contributed by atoms with Crippen molar-refractivity contribution >= 4 is 5.97 Å². The summed E-state index contributed by atoms with van der Waals surface area (Å²) in [6.07, 6.45) is 3.03. The monoisotopic (exact) mass is 442 g/mol. The lowest BCUT2D eigenvalue weighted by Gasteiger charge is -2.16. The molecule has 0 unspecified atom stereocenters. The summed E-state index contributed by atoms with van der Waals surface area (Å²) in [5, 5.41) is 0. The maximum Gasteiger partial charge on any atom is 0.338 e. The van der Waals surface area contributed by atoms with Crippen LogP contribution in [0.25, 0.3) is 0 Å². The third-order valence-electron chi connectivity index (χ3n) is 4.89. The van der Waals surface area contributed by atoms with Gasteiger partial charge in [0, 0.05) is 0 Å². The molecule has 1 aliphatic rings. The molecule has 7 heteroatoms. The lowest BCUT2D eigenvalue weighted by molar-refractivity contribution is -0.148. The average molecular weight is 443 g/mol. The van der Waals surface area contributed by atoms with Crippen molar-refractivity contribution in [2.24, 2.45) is 0 Å². The van der Waals surface area contributed by atoms with Crippen LogP contribution in [0.2, 0.25) is 0 Å². The summed E-state index contributed by atoms with van der Waals surface area (Å²) in [6, 6.07) is 14.5. The number of hydrogen-bond acceptors (Lipinski definition) is 7. The highest BCUT2D eigenvalue weighted by Crippen LogP contribution is 2.29. The van der Waals surface area contributed by atoms with E-state index in [1.165, 1.54) is 0 Å². The van der Waals surface area contributed by atoms with E-state index in [0.29, 0.717) is 24.5 Å². The molecule has 172 valence electrons. The summed E-state index contributed by atoms with van der Waals surface area (Å²) in [6.45, 7) is 4.68. The molecule has 2 aromatic rings. The first-order valence-electron chi connectivity index (χ1n) is 10.4. The number of carbonyl (C=O) groups is 1. The van der Waals surface area contributed by atoms with Crippen molar-refractivity contribution < 1.29 is 33.2 Å². The topological polar surface area (TPSA) is 72.5 Å². The number of rotatable bonds is 10. The molecule has 0 aromatic heterocycles. The summed E-state index contributed by atoms with van der Waals surface area (Å²) in [5.41, 5.74) is 1.51. The molecule has 0 amide bonds. The van der Waals surface area contributed by atoms with E-state index in [1.54, 1.807) is 44.6 Å². The van der Waals surface area contributed by atoms with Gasteiger partial charge in [-0.2, -0.15) is 0 Å². The van der Waals surface area contributed by atoms with Crippen LogP contribution in [0.3, 0.4) is 0 Å². The van der Waals surface area contributed by atoms with E-state index in [1.807, 2.05) is 44.2 Å². The fourth-order valence-electron chi connectivity index (χ4n) is 3.29. The summed E-state index contributed by atoms with van der Waals surface area (Å²) in [5.74, 6) is 0.368. The van der Waals surface area contributed by atoms with Gasteiger partial charge in [0.25, 0.3) is 0 Å². The van der Waals surface area contributed by atoms with E-state index in [2.05, 4.69) is 0 Å². The number of methoxy groups -OCH3 is 2. The predicted molar refractivity (Wildman–Crippen MR) is 119 cm³/mol. The highest BCUT2D eigenvalue weighted by atomic mass is 16.8. The Morgan fingerprint density at radius 1 is 0.969 bits per heavy atom. The summed E-state index contributed by atoms with van der Waals surface area (Å²) >= 11 is 0. The normalized spacial score (nSPS) is 19.8. The minimum absolute atomic E-state index is 0.130. The van der Waals surface area contributed by atoms with Crippen molar-refractivity contribution in [2.75, 3.05) is 27.4 Å². The summed E-state index contributed by atoms with van der Waals surface area (Å²) in [4.78, 5) is 12.1. The van der Waals surface area contributed by atoms with Gasteiger partial charge in [0.1, 0.15) is 30.3 Å². The van der Waals surface area contributed by atoms with Gasteiger partial charge in [-0.1, -0.05) is 18.2 Å². The average Bonchev–Trinajstić information content (AvgIpc) is 3.10. The molecule has 0 saturated carbocycles. The van der Waals surface area contributed by atoms with Gasteiger partial charge in [-0.15, -0.1) is 0 Å². The van der Waals surface area contributed by atoms with Crippen LogP contribution in [-0.2, 0) is 25.6 Å². The minimum Gasteiger partial charge on any atom is -0.497 e. The molecule has 0 bridgehead atoms. The summed E-state index contributed by atoms with van der Waals surface area (Å²) < 4.78 is 33.3. The lowest BCUT2D eigenvalue weighted by atomic mass is 10.2.